The molecule has 0 spiro atoms. The molecule has 5 heteroatoms. The van der Waals surface area contributed by atoms with Crippen molar-refractivity contribution in [1.29, 1.82) is 0 Å². The molecule has 0 aromatic heterocycles. The van der Waals surface area contributed by atoms with Crippen LogP contribution in [0.5, 0.6) is 0 Å². The first kappa shape index (κ1) is 39.5. The number of aliphatic hydroxyl groups is 1. The van der Waals surface area contributed by atoms with E-state index in [0.717, 1.165) is 32.1 Å². The van der Waals surface area contributed by atoms with Crippen LogP contribution in [0.25, 0.3) is 0 Å². The minimum Gasteiger partial charge on any atom is -0.464 e. The molecule has 0 bridgehead atoms. The Labute approximate surface area is 254 Å². The molecule has 0 saturated heterocycles. The summed E-state index contributed by atoms with van der Waals surface area (Å²) >= 11 is 0. The van der Waals surface area contributed by atoms with Gasteiger partial charge in [0.2, 0.25) is 5.91 Å². The van der Waals surface area contributed by atoms with E-state index in [0.29, 0.717) is 12.8 Å². The summed E-state index contributed by atoms with van der Waals surface area (Å²) in [5.74, 6) is 4.93. The molecule has 41 heavy (non-hydrogen) atoms. The van der Waals surface area contributed by atoms with Gasteiger partial charge in [-0.2, -0.15) is 0 Å². The monoisotopic (exact) mass is 578 g/mol. The lowest BCUT2D eigenvalue weighted by atomic mass is 10.0. The molecule has 0 radical (unpaired) electrons. The zero-order valence-corrected chi connectivity index (χ0v) is 27.4. The summed E-state index contributed by atoms with van der Waals surface area (Å²) in [4.78, 5) is 24.9. The Hall–Kier alpha value is -1.54. The molecule has 0 aromatic carbocycles. The van der Waals surface area contributed by atoms with Crippen LogP contribution in [0.4, 0.5) is 0 Å². The summed E-state index contributed by atoms with van der Waals surface area (Å²) in [5.41, 5.74) is 0. The highest BCUT2D eigenvalue weighted by Gasteiger charge is 2.28. The number of hydrogen-bond donors (Lipinski definition) is 2. The first-order valence-electron chi connectivity index (χ1n) is 17.7. The molecule has 0 aliphatic heterocycles. The third-order valence-electron chi connectivity index (χ3n) is 7.84. The van der Waals surface area contributed by atoms with Crippen LogP contribution < -0.4 is 5.32 Å². The molecule has 2 atom stereocenters. The number of nitrogens with one attached hydrogen (secondary N) is 1. The molecule has 0 aliphatic rings. The molecule has 0 aliphatic carbocycles. The van der Waals surface area contributed by atoms with Gasteiger partial charge in [0.15, 0.2) is 6.04 Å². The maximum Gasteiger partial charge on any atom is 0.332 e. The molecule has 0 aromatic rings. The van der Waals surface area contributed by atoms with Gasteiger partial charge in [-0.15, -0.1) is 5.92 Å². The lowest BCUT2D eigenvalue weighted by Gasteiger charge is -2.19. The van der Waals surface area contributed by atoms with Gasteiger partial charge in [0.05, 0.1) is 6.61 Å². The zero-order valence-electron chi connectivity index (χ0n) is 27.4. The summed E-state index contributed by atoms with van der Waals surface area (Å²) in [6, 6.07) is -1.13. The topological polar surface area (TPSA) is 75.6 Å². The van der Waals surface area contributed by atoms with E-state index < -0.39 is 18.1 Å². The number of carbonyl (C=O) groups is 2. The minimum atomic E-state index is -1.25. The second-order valence-corrected chi connectivity index (χ2v) is 11.8. The van der Waals surface area contributed by atoms with Crippen LogP contribution in [-0.4, -0.2) is 35.7 Å². The van der Waals surface area contributed by atoms with Crippen LogP contribution in [0.15, 0.2) is 0 Å². The van der Waals surface area contributed by atoms with Crippen LogP contribution in [0.3, 0.4) is 0 Å². The predicted molar refractivity (Wildman–Crippen MR) is 174 cm³/mol. The Kier molecular flexibility index (Phi) is 30.2. The first-order chi connectivity index (χ1) is 20.1. The fourth-order valence-corrected chi connectivity index (χ4v) is 5.19. The SMILES string of the molecule is CCCCCCCCCCCCCC#C[C@@H](O)[C@@H](NC(=O)CCCCCCCCCCCCCCC)C(=O)OCC. The van der Waals surface area contributed by atoms with Crippen molar-refractivity contribution in [3.63, 3.8) is 0 Å². The maximum atomic E-state index is 12.5. The maximum absolute atomic E-state index is 12.5. The van der Waals surface area contributed by atoms with E-state index in [-0.39, 0.29) is 12.5 Å². The van der Waals surface area contributed by atoms with Crippen molar-refractivity contribution in [3.05, 3.63) is 0 Å². The van der Waals surface area contributed by atoms with Gasteiger partial charge in [-0.05, 0) is 19.8 Å². The van der Waals surface area contributed by atoms with Crippen LogP contribution in [0.1, 0.15) is 188 Å². The number of esters is 1. The van der Waals surface area contributed by atoms with Gasteiger partial charge in [-0.25, -0.2) is 4.79 Å². The highest BCUT2D eigenvalue weighted by Crippen LogP contribution is 2.14. The van der Waals surface area contributed by atoms with E-state index in [1.54, 1.807) is 6.92 Å². The highest BCUT2D eigenvalue weighted by molar-refractivity contribution is 5.85. The van der Waals surface area contributed by atoms with Crippen LogP contribution >= 0.6 is 0 Å². The van der Waals surface area contributed by atoms with Crippen molar-refractivity contribution in [2.45, 2.75) is 200 Å². The van der Waals surface area contributed by atoms with Crippen LogP contribution in [-0.2, 0) is 14.3 Å². The summed E-state index contributed by atoms with van der Waals surface area (Å²) in [5, 5.41) is 13.2. The lowest BCUT2D eigenvalue weighted by Crippen LogP contribution is -2.49. The van der Waals surface area contributed by atoms with Crippen molar-refractivity contribution in [3.8, 4) is 11.8 Å². The Bertz CT molecular complexity index is 654. The summed E-state index contributed by atoms with van der Waals surface area (Å²) in [7, 11) is 0. The Morgan fingerprint density at radius 3 is 1.41 bits per heavy atom. The molecule has 0 rings (SSSR count). The van der Waals surface area contributed by atoms with E-state index in [9.17, 15) is 14.7 Å². The van der Waals surface area contributed by atoms with Gasteiger partial charge in [0.25, 0.3) is 0 Å². The van der Waals surface area contributed by atoms with Crippen molar-refractivity contribution in [2.75, 3.05) is 6.61 Å². The van der Waals surface area contributed by atoms with Gasteiger partial charge in [-0.1, -0.05) is 161 Å². The molecule has 0 heterocycles. The van der Waals surface area contributed by atoms with Crippen molar-refractivity contribution in [1.82, 2.24) is 5.32 Å². The lowest BCUT2D eigenvalue weighted by molar-refractivity contribution is -0.149. The second kappa shape index (κ2) is 31.4. The van der Waals surface area contributed by atoms with E-state index in [1.165, 1.54) is 122 Å². The third kappa shape index (κ3) is 27.1. The molecule has 0 saturated carbocycles. The van der Waals surface area contributed by atoms with Crippen LogP contribution in [0, 0.1) is 11.8 Å². The predicted octanol–water partition coefficient (Wildman–Crippen LogP) is 9.58. The molecule has 0 fully saturated rings. The van der Waals surface area contributed by atoms with Gasteiger partial charge >= 0.3 is 5.97 Å². The summed E-state index contributed by atoms with van der Waals surface area (Å²) < 4.78 is 5.09. The summed E-state index contributed by atoms with van der Waals surface area (Å²) in [6.45, 7) is 6.43. The number of unbranched alkanes of at least 4 members (excludes halogenated alkanes) is 23. The van der Waals surface area contributed by atoms with Gasteiger partial charge in [-0.3, -0.25) is 4.79 Å². The number of aliphatic hydroxyl groups excluding tert-OH is 1. The molecule has 1 amide bonds. The van der Waals surface area contributed by atoms with E-state index >= 15 is 0 Å². The Balaban J connectivity index is 4.03. The minimum absolute atomic E-state index is 0.197. The molecule has 240 valence electrons. The average Bonchev–Trinajstić information content (AvgIpc) is 2.96. The van der Waals surface area contributed by atoms with Crippen molar-refractivity contribution < 1.29 is 19.4 Å². The fraction of sp³-hybridized carbons (Fsp3) is 0.889. The number of rotatable bonds is 29. The van der Waals surface area contributed by atoms with Gasteiger partial charge in [0, 0.05) is 12.8 Å². The van der Waals surface area contributed by atoms with E-state index in [4.69, 9.17) is 4.74 Å². The Morgan fingerprint density at radius 2 is 1.00 bits per heavy atom. The van der Waals surface area contributed by atoms with Crippen LogP contribution in [0.2, 0.25) is 0 Å². The number of carbonyl (C=O) groups excluding carboxylic acids is 2. The van der Waals surface area contributed by atoms with Crippen molar-refractivity contribution in [2.24, 2.45) is 0 Å². The molecule has 0 unspecified atom stereocenters. The molecule has 2 N–H and O–H groups in total. The highest BCUT2D eigenvalue weighted by atomic mass is 16.5. The zero-order chi connectivity index (χ0) is 30.2. The van der Waals surface area contributed by atoms with Gasteiger partial charge < -0.3 is 15.2 Å². The van der Waals surface area contributed by atoms with E-state index in [2.05, 4.69) is 31.0 Å². The smallest absolute Gasteiger partial charge is 0.332 e. The standard InChI is InChI=1S/C36H67NO4/c1-4-7-9-11-13-15-17-19-21-23-25-27-29-31-33(38)35(36(40)41-6-3)37-34(39)32-30-28-26-24-22-20-18-16-14-12-10-8-5-2/h33,35,38H,4-28,30,32H2,1-3H3,(H,37,39)/t33-,35-/m1/s1. The molecular weight excluding hydrogens is 510 g/mol. The Morgan fingerprint density at radius 1 is 0.610 bits per heavy atom. The molecular formula is C36H67NO4. The largest absolute Gasteiger partial charge is 0.464 e. The summed E-state index contributed by atoms with van der Waals surface area (Å²) in [6.07, 6.45) is 30.1. The first-order valence-corrected chi connectivity index (χ1v) is 17.7. The van der Waals surface area contributed by atoms with E-state index in [1.807, 2.05) is 0 Å². The quantitative estimate of drug-likeness (QED) is 0.0527. The molecule has 5 nitrogen and oxygen atoms in total. The normalized spacial score (nSPS) is 12.4. The number of amides is 1. The average molecular weight is 578 g/mol. The number of hydrogen-bond acceptors (Lipinski definition) is 4. The third-order valence-corrected chi connectivity index (χ3v) is 7.84. The second-order valence-electron chi connectivity index (χ2n) is 11.8. The van der Waals surface area contributed by atoms with Crippen molar-refractivity contribution >= 4 is 11.9 Å². The fourth-order valence-electron chi connectivity index (χ4n) is 5.19. The number of ether oxygens (including phenoxy) is 1. The van der Waals surface area contributed by atoms with Gasteiger partial charge in [0.1, 0.15) is 6.10 Å².